The van der Waals surface area contributed by atoms with Gasteiger partial charge >= 0.3 is 0 Å². The van der Waals surface area contributed by atoms with Gasteiger partial charge in [0, 0.05) is 17.5 Å². The van der Waals surface area contributed by atoms with Gasteiger partial charge in [-0.25, -0.2) is 13.4 Å². The lowest BCUT2D eigenvalue weighted by molar-refractivity contribution is 0.594. The number of nitrogen functional groups attached to an aromatic ring is 2. The molecule has 9 heteroatoms. The maximum Gasteiger partial charge on any atom is 0.264 e. The maximum atomic E-state index is 12.8. The fourth-order valence-electron chi connectivity index (χ4n) is 2.26. The molecule has 0 saturated carbocycles. The standard InChI is InChI=1S/C15H14ClN5O2S/c1-21(10-4-2-9(16)3-5-10)24(22,23)11-6-7-13-12(8-11)14(17)20-15(18)19-13/h2-8H,1H3,(H4,17,18,19,20). The molecule has 0 aliphatic rings. The Morgan fingerprint density at radius 2 is 1.71 bits per heavy atom. The van der Waals surface area contributed by atoms with Gasteiger partial charge in [0.15, 0.2) is 0 Å². The number of nitrogens with two attached hydrogens (primary N) is 2. The first-order valence-electron chi connectivity index (χ1n) is 6.86. The van der Waals surface area contributed by atoms with Gasteiger partial charge in [0.2, 0.25) is 5.95 Å². The fraction of sp³-hybridized carbons (Fsp3) is 0.0667. The van der Waals surface area contributed by atoms with Crippen molar-refractivity contribution in [2.24, 2.45) is 0 Å². The van der Waals surface area contributed by atoms with Crippen LogP contribution in [-0.4, -0.2) is 25.4 Å². The van der Waals surface area contributed by atoms with Crippen molar-refractivity contribution in [1.82, 2.24) is 9.97 Å². The highest BCUT2D eigenvalue weighted by atomic mass is 35.5. The number of aromatic nitrogens is 2. The molecule has 24 heavy (non-hydrogen) atoms. The first kappa shape index (κ1) is 16.3. The normalized spacial score (nSPS) is 11.6. The molecule has 7 nitrogen and oxygen atoms in total. The number of anilines is 3. The molecular formula is C15H14ClN5O2S. The third-order valence-electron chi connectivity index (χ3n) is 3.56. The molecule has 0 aliphatic heterocycles. The summed E-state index contributed by atoms with van der Waals surface area (Å²) in [7, 11) is -2.31. The van der Waals surface area contributed by atoms with E-state index in [4.69, 9.17) is 23.1 Å². The average Bonchev–Trinajstić information content (AvgIpc) is 2.54. The fourth-order valence-corrected chi connectivity index (χ4v) is 3.61. The van der Waals surface area contributed by atoms with Gasteiger partial charge in [0.1, 0.15) is 5.82 Å². The summed E-state index contributed by atoms with van der Waals surface area (Å²) in [6.07, 6.45) is 0. The Bertz CT molecular complexity index is 1020. The molecule has 4 N–H and O–H groups in total. The molecule has 2 aromatic carbocycles. The van der Waals surface area contributed by atoms with E-state index in [9.17, 15) is 8.42 Å². The van der Waals surface area contributed by atoms with Crippen LogP contribution in [0.1, 0.15) is 0 Å². The van der Waals surface area contributed by atoms with Crippen LogP contribution in [0.3, 0.4) is 0 Å². The monoisotopic (exact) mass is 363 g/mol. The van der Waals surface area contributed by atoms with Gasteiger partial charge in [-0.1, -0.05) is 11.6 Å². The van der Waals surface area contributed by atoms with Gasteiger partial charge in [0.25, 0.3) is 10.0 Å². The largest absolute Gasteiger partial charge is 0.383 e. The van der Waals surface area contributed by atoms with Crippen LogP contribution in [-0.2, 0) is 10.0 Å². The highest BCUT2D eigenvalue weighted by Crippen LogP contribution is 2.27. The minimum atomic E-state index is -3.78. The van der Waals surface area contributed by atoms with Crippen LogP contribution in [0.5, 0.6) is 0 Å². The van der Waals surface area contributed by atoms with Gasteiger partial charge in [-0.15, -0.1) is 0 Å². The van der Waals surface area contributed by atoms with Crippen LogP contribution < -0.4 is 15.8 Å². The Kier molecular flexibility index (Phi) is 3.94. The van der Waals surface area contributed by atoms with Crippen molar-refractivity contribution >= 4 is 50.0 Å². The highest BCUT2D eigenvalue weighted by Gasteiger charge is 2.22. The minimum absolute atomic E-state index is 0.0360. The average molecular weight is 364 g/mol. The van der Waals surface area contributed by atoms with Gasteiger partial charge in [-0.3, -0.25) is 4.31 Å². The molecule has 0 radical (unpaired) electrons. The van der Waals surface area contributed by atoms with Crippen LogP contribution in [0.15, 0.2) is 47.4 Å². The molecule has 3 rings (SSSR count). The second-order valence-electron chi connectivity index (χ2n) is 5.09. The summed E-state index contributed by atoms with van der Waals surface area (Å²) >= 11 is 5.84. The van der Waals surface area contributed by atoms with Crippen molar-refractivity contribution in [3.63, 3.8) is 0 Å². The smallest absolute Gasteiger partial charge is 0.264 e. The molecule has 0 unspecified atom stereocenters. The zero-order chi connectivity index (χ0) is 17.5. The van der Waals surface area contributed by atoms with Crippen molar-refractivity contribution in [1.29, 1.82) is 0 Å². The molecule has 0 atom stereocenters. The molecule has 0 fully saturated rings. The number of fused-ring (bicyclic) bond motifs is 1. The first-order chi connectivity index (χ1) is 11.3. The van der Waals surface area contributed by atoms with E-state index in [1.807, 2.05) is 0 Å². The molecule has 0 amide bonds. The molecule has 0 bridgehead atoms. The summed E-state index contributed by atoms with van der Waals surface area (Å²) in [5.74, 6) is 0.164. The lowest BCUT2D eigenvalue weighted by Gasteiger charge is -2.20. The van der Waals surface area contributed by atoms with Crippen LogP contribution in [0, 0.1) is 0 Å². The van der Waals surface area contributed by atoms with Gasteiger partial charge in [-0.05, 0) is 42.5 Å². The molecule has 0 aliphatic carbocycles. The van der Waals surface area contributed by atoms with Crippen molar-refractivity contribution < 1.29 is 8.42 Å². The third kappa shape index (κ3) is 2.81. The Labute approximate surface area is 143 Å². The minimum Gasteiger partial charge on any atom is -0.383 e. The summed E-state index contributed by atoms with van der Waals surface area (Å²) in [6, 6.07) is 10.9. The molecule has 0 spiro atoms. The van der Waals surface area contributed by atoms with Gasteiger partial charge in [0.05, 0.1) is 16.1 Å². The number of sulfonamides is 1. The van der Waals surface area contributed by atoms with E-state index in [-0.39, 0.29) is 16.7 Å². The van der Waals surface area contributed by atoms with E-state index in [0.717, 1.165) is 0 Å². The number of hydrogen-bond acceptors (Lipinski definition) is 6. The molecular weight excluding hydrogens is 350 g/mol. The lowest BCUT2D eigenvalue weighted by Crippen LogP contribution is -2.26. The molecule has 1 heterocycles. The third-order valence-corrected chi connectivity index (χ3v) is 5.60. The van der Waals surface area contributed by atoms with Crippen molar-refractivity contribution in [2.45, 2.75) is 4.90 Å². The molecule has 124 valence electrons. The summed E-state index contributed by atoms with van der Waals surface area (Å²) in [4.78, 5) is 7.97. The molecule has 1 aromatic heterocycles. The van der Waals surface area contributed by atoms with E-state index in [2.05, 4.69) is 9.97 Å². The second-order valence-corrected chi connectivity index (χ2v) is 7.50. The van der Waals surface area contributed by atoms with Gasteiger partial charge in [-0.2, -0.15) is 4.98 Å². The summed E-state index contributed by atoms with van der Waals surface area (Å²) in [5, 5.41) is 0.951. The highest BCUT2D eigenvalue weighted by molar-refractivity contribution is 7.92. The zero-order valence-corrected chi connectivity index (χ0v) is 14.2. The zero-order valence-electron chi connectivity index (χ0n) is 12.6. The second kappa shape index (κ2) is 5.81. The summed E-state index contributed by atoms with van der Waals surface area (Å²) in [6.45, 7) is 0. The predicted octanol–water partition coefficient (Wildman–Crippen LogP) is 2.27. The van der Waals surface area contributed by atoms with Crippen LogP contribution in [0.4, 0.5) is 17.5 Å². The van der Waals surface area contributed by atoms with E-state index >= 15 is 0 Å². The Hall–Kier alpha value is -2.58. The lowest BCUT2D eigenvalue weighted by atomic mass is 10.2. The number of rotatable bonds is 3. The van der Waals surface area contributed by atoms with Crippen molar-refractivity contribution in [2.75, 3.05) is 22.8 Å². The maximum absolute atomic E-state index is 12.8. The quantitative estimate of drug-likeness (QED) is 0.737. The summed E-state index contributed by atoms with van der Waals surface area (Å²) < 4.78 is 26.8. The molecule has 3 aromatic rings. The van der Waals surface area contributed by atoms with Gasteiger partial charge < -0.3 is 11.5 Å². The Balaban J connectivity index is 2.09. The number of benzene rings is 2. The van der Waals surface area contributed by atoms with Crippen molar-refractivity contribution in [3.8, 4) is 0 Å². The Morgan fingerprint density at radius 1 is 1.04 bits per heavy atom. The van der Waals surface area contributed by atoms with E-state index in [1.165, 1.54) is 23.5 Å². The van der Waals surface area contributed by atoms with E-state index in [0.29, 0.717) is 21.6 Å². The number of hydrogen-bond donors (Lipinski definition) is 2. The number of nitrogens with zero attached hydrogens (tertiary/aromatic N) is 3. The van der Waals surface area contributed by atoms with E-state index < -0.39 is 10.0 Å². The van der Waals surface area contributed by atoms with E-state index in [1.54, 1.807) is 30.3 Å². The SMILES string of the molecule is CN(c1ccc(Cl)cc1)S(=O)(=O)c1ccc2nc(N)nc(N)c2c1. The van der Waals surface area contributed by atoms with Crippen LogP contribution in [0.2, 0.25) is 5.02 Å². The number of halogens is 1. The van der Waals surface area contributed by atoms with Crippen molar-refractivity contribution in [3.05, 3.63) is 47.5 Å². The molecule has 0 saturated heterocycles. The topological polar surface area (TPSA) is 115 Å². The predicted molar refractivity (Wildman–Crippen MR) is 95.4 cm³/mol. The summed E-state index contributed by atoms with van der Waals surface area (Å²) in [5.41, 5.74) is 12.3. The van der Waals surface area contributed by atoms with Crippen LogP contribution in [0.25, 0.3) is 10.9 Å². The first-order valence-corrected chi connectivity index (χ1v) is 8.68. The van der Waals surface area contributed by atoms with Crippen LogP contribution >= 0.6 is 11.6 Å². The Morgan fingerprint density at radius 3 is 2.38 bits per heavy atom.